The first-order chi connectivity index (χ1) is 7.83. The molecule has 0 atom stereocenters. The Balaban J connectivity index is 0.000000810. The number of benzene rings is 1. The van der Waals surface area contributed by atoms with Gasteiger partial charge in [-0.3, -0.25) is 20.0 Å². The van der Waals surface area contributed by atoms with Gasteiger partial charge in [-0.2, -0.15) is 0 Å². The van der Waals surface area contributed by atoms with E-state index in [1.54, 1.807) is 0 Å². The van der Waals surface area contributed by atoms with Crippen molar-refractivity contribution in [3.8, 4) is 0 Å². The molecular formula is C11H7N5RbY-. The molecule has 0 bridgehead atoms. The fraction of sp³-hybridized carbons (Fsp3) is 0.0909. The number of fused-ring (bicyclic) bond motifs is 1. The summed E-state index contributed by atoms with van der Waals surface area (Å²) in [7, 11) is 0. The van der Waals surface area contributed by atoms with Crippen LogP contribution in [0.25, 0.3) is 0 Å². The van der Waals surface area contributed by atoms with Crippen LogP contribution >= 0.6 is 0 Å². The quantitative estimate of drug-likeness (QED) is 0.548. The molecule has 0 saturated carbocycles. The summed E-state index contributed by atoms with van der Waals surface area (Å²) in [5.41, 5.74) is 2.63. The first-order valence-electron chi connectivity index (χ1n) is 4.79. The number of nitrogens with zero attached hydrogens (tertiary/aromatic N) is 5. The van der Waals surface area contributed by atoms with E-state index in [1.165, 1.54) is 10.4 Å². The number of aromatic nitrogens is 3. The Morgan fingerprint density at radius 3 is 2.67 bits per heavy atom. The third-order valence-electron chi connectivity index (χ3n) is 2.22. The van der Waals surface area contributed by atoms with Gasteiger partial charge in [-0.05, 0) is 31.1 Å². The van der Waals surface area contributed by atoms with Gasteiger partial charge < -0.3 is 4.98 Å². The number of aryl methyl sites for hydroxylation is 1. The van der Waals surface area contributed by atoms with E-state index in [0.717, 1.165) is 5.69 Å². The average Bonchev–Trinajstić information content (AvgIpc) is 2.86. The maximum atomic E-state index is 4.38. The summed E-state index contributed by atoms with van der Waals surface area (Å²) in [6, 6.07) is 7.88. The molecule has 5 nitrogen and oxygen atoms in total. The van der Waals surface area contributed by atoms with Gasteiger partial charge >= 0.3 is 58.2 Å². The molecule has 18 heavy (non-hydrogen) atoms. The monoisotopic (exact) mass is 383 g/mol. The van der Waals surface area contributed by atoms with Crippen molar-refractivity contribution in [1.29, 1.82) is 0 Å². The Morgan fingerprint density at radius 1 is 1.22 bits per heavy atom. The molecule has 0 amide bonds. The maximum Gasteiger partial charge on any atom is 1.00 e. The van der Waals surface area contributed by atoms with Crippen LogP contribution < -0.4 is 58.2 Å². The Labute approximate surface area is 179 Å². The van der Waals surface area contributed by atoms with Crippen LogP contribution in [0, 0.1) is 13.3 Å². The minimum absolute atomic E-state index is 0. The van der Waals surface area contributed by atoms with Crippen molar-refractivity contribution in [3.63, 3.8) is 0 Å². The smallest absolute Gasteiger partial charge is 0.412 e. The molecule has 2 aromatic rings. The summed E-state index contributed by atoms with van der Waals surface area (Å²) in [4.78, 5) is 9.67. The zero-order chi connectivity index (χ0) is 11.0. The summed E-state index contributed by atoms with van der Waals surface area (Å²) in [6.07, 6.45) is 5.23. The first-order valence-corrected chi connectivity index (χ1v) is 4.79. The predicted octanol–water partition coefficient (Wildman–Crippen LogP) is -1.77. The standard InChI is InChI=1S/C11H7N5.Rb.Y/c1-8-2-4-9(5-3-8)15-10-6-13-16-11(10)12-7-14-16;;/h2-5H,1H3;;/q-2;+1;. The summed E-state index contributed by atoms with van der Waals surface area (Å²) in [6.45, 7) is 2.03. The van der Waals surface area contributed by atoms with E-state index < -0.39 is 0 Å². The largest absolute Gasteiger partial charge is 1.00 e. The van der Waals surface area contributed by atoms with Crippen molar-refractivity contribution in [2.75, 3.05) is 0 Å². The molecular weight excluding hydrogens is 377 g/mol. The average molecular weight is 384 g/mol. The molecule has 81 valence electrons. The molecule has 0 fully saturated rings. The zero-order valence-electron chi connectivity index (χ0n) is 10.1. The molecule has 2 heterocycles. The summed E-state index contributed by atoms with van der Waals surface area (Å²) < 4.78 is 0. The van der Waals surface area contributed by atoms with Crippen molar-refractivity contribution in [3.05, 3.63) is 42.0 Å². The van der Waals surface area contributed by atoms with Gasteiger partial charge in [-0.1, -0.05) is 23.9 Å². The number of rotatable bonds is 1. The molecule has 3 rings (SSSR count). The molecule has 0 saturated heterocycles. The molecule has 0 spiro atoms. The van der Waals surface area contributed by atoms with E-state index in [9.17, 15) is 0 Å². The van der Waals surface area contributed by atoms with Gasteiger partial charge in [0.25, 0.3) is 0 Å². The Hall–Kier alpha value is 0.609. The Bertz CT molecular complexity index is 588. The van der Waals surface area contributed by atoms with Gasteiger partial charge in [0, 0.05) is 38.5 Å². The van der Waals surface area contributed by atoms with E-state index in [4.69, 9.17) is 0 Å². The first kappa shape index (κ1) is 16.7. The van der Waals surface area contributed by atoms with E-state index in [-0.39, 0.29) is 90.9 Å². The zero-order valence-corrected chi connectivity index (χ0v) is 17.9. The van der Waals surface area contributed by atoms with Crippen molar-refractivity contribution in [2.24, 2.45) is 10.1 Å². The fourth-order valence-electron chi connectivity index (χ4n) is 1.39. The van der Waals surface area contributed by atoms with E-state index in [2.05, 4.69) is 32.7 Å². The maximum absolute atomic E-state index is 4.38. The van der Waals surface area contributed by atoms with Crippen LogP contribution in [-0.2, 0) is 32.7 Å². The minimum Gasteiger partial charge on any atom is -0.412 e. The molecule has 0 aliphatic carbocycles. The molecule has 0 unspecified atom stereocenters. The molecule has 1 aromatic carbocycles. The second-order valence-corrected chi connectivity index (χ2v) is 3.43. The van der Waals surface area contributed by atoms with E-state index in [1.807, 2.05) is 31.2 Å². The third kappa shape index (κ3) is 3.58. The molecule has 1 aliphatic heterocycles. The van der Waals surface area contributed by atoms with Gasteiger partial charge in [-0.15, -0.1) is 0 Å². The molecule has 7 heteroatoms. The Morgan fingerprint density at radius 2 is 1.94 bits per heavy atom. The second kappa shape index (κ2) is 7.41. The molecule has 0 N–H and O–H groups in total. The van der Waals surface area contributed by atoms with Crippen molar-refractivity contribution in [2.45, 2.75) is 6.92 Å². The van der Waals surface area contributed by atoms with Crippen LogP contribution in [-0.4, -0.2) is 26.8 Å². The van der Waals surface area contributed by atoms with Crippen molar-refractivity contribution in [1.82, 2.24) is 14.9 Å². The van der Waals surface area contributed by atoms with Gasteiger partial charge in [0.15, 0.2) is 0 Å². The molecule has 1 aliphatic rings. The predicted molar refractivity (Wildman–Crippen MR) is 59.1 cm³/mol. The molecule has 1 aromatic heterocycles. The second-order valence-electron chi connectivity index (χ2n) is 3.43. The summed E-state index contributed by atoms with van der Waals surface area (Å²) in [5.74, 6) is 0.570. The van der Waals surface area contributed by atoms with Gasteiger partial charge in [0.1, 0.15) is 0 Å². The van der Waals surface area contributed by atoms with E-state index in [0.29, 0.717) is 11.5 Å². The summed E-state index contributed by atoms with van der Waals surface area (Å²) >= 11 is 0. The SMILES string of the molecule is Cc1ccc(N=C2[C-]=Nn3n[c-]nc32)cc1.[Rb+].[Y]. The normalized spacial score (nSPS) is 13.9. The van der Waals surface area contributed by atoms with Crippen molar-refractivity contribution < 1.29 is 90.9 Å². The Kier molecular flexibility index (Phi) is 6.86. The number of hydrogen-bond acceptors (Lipinski definition) is 4. The van der Waals surface area contributed by atoms with Gasteiger partial charge in [0.05, 0.1) is 5.69 Å². The minimum atomic E-state index is 0. The summed E-state index contributed by atoms with van der Waals surface area (Å²) in [5, 5.41) is 7.66. The van der Waals surface area contributed by atoms with E-state index >= 15 is 0 Å². The van der Waals surface area contributed by atoms with Crippen LogP contribution in [0.1, 0.15) is 11.4 Å². The topological polar surface area (TPSA) is 55.4 Å². The third-order valence-corrected chi connectivity index (χ3v) is 2.22. The van der Waals surface area contributed by atoms with Crippen LogP contribution in [0.5, 0.6) is 0 Å². The number of aliphatic imine (C=N–C) groups is 1. The fourth-order valence-corrected chi connectivity index (χ4v) is 1.39. The van der Waals surface area contributed by atoms with Gasteiger partial charge in [-0.25, -0.2) is 0 Å². The van der Waals surface area contributed by atoms with Crippen LogP contribution in [0.3, 0.4) is 0 Å². The molecule has 1 radical (unpaired) electrons. The van der Waals surface area contributed by atoms with Crippen molar-refractivity contribution >= 4 is 17.6 Å². The van der Waals surface area contributed by atoms with Crippen LogP contribution in [0.15, 0.2) is 34.4 Å². The van der Waals surface area contributed by atoms with Crippen LogP contribution in [0.2, 0.25) is 0 Å². The number of hydrogen-bond donors (Lipinski definition) is 0. The van der Waals surface area contributed by atoms with Gasteiger partial charge in [0.2, 0.25) is 0 Å². The van der Waals surface area contributed by atoms with Crippen LogP contribution in [0.4, 0.5) is 5.69 Å².